The molecule has 0 atom stereocenters. The highest BCUT2D eigenvalue weighted by molar-refractivity contribution is 7.93. The van der Waals surface area contributed by atoms with Gasteiger partial charge in [-0.2, -0.15) is 17.8 Å². The molecule has 3 rings (SSSR count). The Bertz CT molecular complexity index is 1190. The number of benzene rings is 1. The third kappa shape index (κ3) is 4.50. The number of carbonyl (C=O) groups excluding carboxylic acids is 2. The largest absolute Gasteiger partial charge is 0.462 e. The van der Waals surface area contributed by atoms with Crippen molar-refractivity contribution in [3.8, 4) is 0 Å². The number of nitrogens with zero attached hydrogens (tertiary/aromatic N) is 3. The van der Waals surface area contributed by atoms with Gasteiger partial charge in [0.05, 0.1) is 12.8 Å². The van der Waals surface area contributed by atoms with Crippen molar-refractivity contribution in [2.75, 3.05) is 17.5 Å². The Hall–Kier alpha value is -3.47. The summed E-state index contributed by atoms with van der Waals surface area (Å²) in [7, 11) is -4.59. The van der Waals surface area contributed by atoms with Gasteiger partial charge in [-0.3, -0.25) is 5.10 Å². The van der Waals surface area contributed by atoms with E-state index >= 15 is 0 Å². The molecule has 0 aliphatic heterocycles. The van der Waals surface area contributed by atoms with Crippen LogP contribution < -0.4 is 9.62 Å². The number of aromatic nitrogens is 3. The molecule has 0 fully saturated rings. The van der Waals surface area contributed by atoms with E-state index in [0.29, 0.717) is 21.5 Å². The lowest BCUT2D eigenvalue weighted by atomic mass is 10.1. The average Bonchev–Trinajstić information content (AvgIpc) is 3.25. The molecule has 0 aliphatic rings. The lowest BCUT2D eigenvalue weighted by molar-refractivity contribution is 0.0521. The molecule has 2 N–H and O–H groups in total. The number of pyridine rings is 1. The van der Waals surface area contributed by atoms with Gasteiger partial charge in [-0.1, -0.05) is 37.6 Å². The summed E-state index contributed by atoms with van der Waals surface area (Å²) in [6, 6.07) is 7.77. The van der Waals surface area contributed by atoms with Crippen molar-refractivity contribution in [3.05, 3.63) is 48.3 Å². The van der Waals surface area contributed by atoms with Crippen LogP contribution in [0.1, 0.15) is 37.0 Å². The highest BCUT2D eigenvalue weighted by atomic mass is 32.2. The van der Waals surface area contributed by atoms with Crippen molar-refractivity contribution in [1.82, 2.24) is 20.5 Å². The molecule has 0 spiro atoms. The van der Waals surface area contributed by atoms with Crippen molar-refractivity contribution in [2.24, 2.45) is 0 Å². The Balaban J connectivity index is 2.16. The molecule has 10 nitrogen and oxygen atoms in total. The molecule has 0 bridgehead atoms. The molecule has 3 aromatic rings. The fraction of sp³-hybridized carbons (Fsp3) is 0.300. The molecule has 0 saturated heterocycles. The molecule has 0 radical (unpaired) electrons. The number of anilines is 1. The summed E-state index contributed by atoms with van der Waals surface area (Å²) in [5.41, 5.74) is -0.298. The predicted molar refractivity (Wildman–Crippen MR) is 114 cm³/mol. The molecule has 31 heavy (non-hydrogen) atoms. The quantitative estimate of drug-likeness (QED) is 0.402. The maximum atomic E-state index is 13.6. The van der Waals surface area contributed by atoms with E-state index in [2.05, 4.69) is 20.5 Å². The SMILES string of the molecule is CCCCNC(=O)N(c1nccc2ccccc12)S(=O)(=O)c1[nH]ncc1C(=O)OCC. The molecule has 0 aliphatic carbocycles. The highest BCUT2D eigenvalue weighted by Crippen LogP contribution is 2.29. The minimum Gasteiger partial charge on any atom is -0.462 e. The Morgan fingerprint density at radius 3 is 2.71 bits per heavy atom. The molecule has 2 amide bonds. The van der Waals surface area contributed by atoms with Crippen LogP contribution in [0.2, 0.25) is 0 Å². The van der Waals surface area contributed by atoms with Crippen molar-refractivity contribution >= 4 is 38.6 Å². The van der Waals surface area contributed by atoms with Crippen molar-refractivity contribution in [3.63, 3.8) is 0 Å². The van der Waals surface area contributed by atoms with Gasteiger partial charge in [-0.15, -0.1) is 0 Å². The number of hydrogen-bond acceptors (Lipinski definition) is 7. The van der Waals surface area contributed by atoms with Crippen LogP contribution >= 0.6 is 0 Å². The number of amides is 2. The fourth-order valence-corrected chi connectivity index (χ4v) is 4.37. The lowest BCUT2D eigenvalue weighted by Crippen LogP contribution is -2.45. The molecule has 1 aromatic carbocycles. The van der Waals surface area contributed by atoms with E-state index in [1.165, 1.54) is 6.20 Å². The second-order valence-electron chi connectivity index (χ2n) is 6.54. The predicted octanol–water partition coefficient (Wildman–Crippen LogP) is 2.84. The van der Waals surface area contributed by atoms with Gasteiger partial charge in [-0.25, -0.2) is 14.6 Å². The van der Waals surface area contributed by atoms with Gasteiger partial charge < -0.3 is 10.1 Å². The second-order valence-corrected chi connectivity index (χ2v) is 8.27. The van der Waals surface area contributed by atoms with E-state index < -0.39 is 27.0 Å². The summed E-state index contributed by atoms with van der Waals surface area (Å²) < 4.78 is 32.7. The maximum Gasteiger partial charge on any atom is 0.342 e. The van der Waals surface area contributed by atoms with Crippen molar-refractivity contribution in [2.45, 2.75) is 31.7 Å². The summed E-state index contributed by atoms with van der Waals surface area (Å²) in [6.07, 6.45) is 3.95. The number of rotatable bonds is 8. The Kier molecular flexibility index (Phi) is 6.85. The molecular formula is C20H23N5O5S. The minimum absolute atomic E-state index is 0.0512. The van der Waals surface area contributed by atoms with Gasteiger partial charge in [0.15, 0.2) is 10.8 Å². The number of ether oxygens (including phenoxy) is 1. The topological polar surface area (TPSA) is 134 Å². The molecule has 164 valence electrons. The van der Waals surface area contributed by atoms with Crippen LogP contribution in [0.3, 0.4) is 0 Å². The first-order valence-corrected chi connectivity index (χ1v) is 11.2. The molecule has 0 saturated carbocycles. The zero-order valence-electron chi connectivity index (χ0n) is 17.2. The van der Waals surface area contributed by atoms with Gasteiger partial charge in [0.2, 0.25) is 0 Å². The molecule has 0 unspecified atom stereocenters. The van der Waals surface area contributed by atoms with E-state index in [0.717, 1.165) is 12.6 Å². The summed E-state index contributed by atoms with van der Waals surface area (Å²) in [5, 5.41) is 9.21. The molecule has 11 heteroatoms. The Morgan fingerprint density at radius 2 is 1.97 bits per heavy atom. The average molecular weight is 446 g/mol. The molecule has 2 aromatic heterocycles. The number of hydrogen-bond donors (Lipinski definition) is 2. The van der Waals surface area contributed by atoms with E-state index in [9.17, 15) is 18.0 Å². The summed E-state index contributed by atoms with van der Waals surface area (Å²) in [6.45, 7) is 3.87. The summed E-state index contributed by atoms with van der Waals surface area (Å²) in [4.78, 5) is 29.5. The van der Waals surface area contributed by atoms with Crippen LogP contribution in [0.25, 0.3) is 10.8 Å². The highest BCUT2D eigenvalue weighted by Gasteiger charge is 2.37. The number of H-pyrrole nitrogens is 1. The number of urea groups is 1. The minimum atomic E-state index is -4.59. The van der Waals surface area contributed by atoms with Crippen LogP contribution in [-0.2, 0) is 14.8 Å². The second kappa shape index (κ2) is 9.56. The van der Waals surface area contributed by atoms with E-state index in [1.807, 2.05) is 6.92 Å². The third-order valence-corrected chi connectivity index (χ3v) is 6.08. The van der Waals surface area contributed by atoms with E-state index in [-0.39, 0.29) is 24.5 Å². The Morgan fingerprint density at radius 1 is 1.19 bits per heavy atom. The fourth-order valence-electron chi connectivity index (χ4n) is 2.95. The normalized spacial score (nSPS) is 11.3. The van der Waals surface area contributed by atoms with Gasteiger partial charge in [0.1, 0.15) is 5.56 Å². The summed E-state index contributed by atoms with van der Waals surface area (Å²) in [5.74, 6) is -0.955. The Labute approximate surface area is 179 Å². The number of unbranched alkanes of at least 4 members (excludes halogenated alkanes) is 1. The third-order valence-electron chi connectivity index (χ3n) is 4.43. The number of carbonyl (C=O) groups is 2. The number of fused-ring (bicyclic) bond motifs is 1. The first-order valence-electron chi connectivity index (χ1n) is 9.79. The van der Waals surface area contributed by atoms with Crippen molar-refractivity contribution < 1.29 is 22.7 Å². The van der Waals surface area contributed by atoms with Gasteiger partial charge in [-0.05, 0) is 24.8 Å². The smallest absolute Gasteiger partial charge is 0.342 e. The van der Waals surface area contributed by atoms with Gasteiger partial charge in [0.25, 0.3) is 10.0 Å². The van der Waals surface area contributed by atoms with Gasteiger partial charge >= 0.3 is 12.0 Å². The number of esters is 1. The first kappa shape index (κ1) is 22.2. The number of nitrogens with one attached hydrogen (secondary N) is 2. The van der Waals surface area contributed by atoms with E-state index in [1.54, 1.807) is 37.3 Å². The van der Waals surface area contributed by atoms with Crippen LogP contribution in [0.5, 0.6) is 0 Å². The molecule has 2 heterocycles. The number of aromatic amines is 1. The zero-order valence-corrected chi connectivity index (χ0v) is 18.0. The first-order chi connectivity index (χ1) is 14.9. The monoisotopic (exact) mass is 445 g/mol. The van der Waals surface area contributed by atoms with E-state index in [4.69, 9.17) is 4.74 Å². The van der Waals surface area contributed by atoms with Gasteiger partial charge in [0, 0.05) is 18.1 Å². The van der Waals surface area contributed by atoms with Crippen LogP contribution in [0, 0.1) is 0 Å². The maximum absolute atomic E-state index is 13.6. The van der Waals surface area contributed by atoms with Crippen LogP contribution in [0.15, 0.2) is 47.8 Å². The lowest BCUT2D eigenvalue weighted by Gasteiger charge is -2.22. The van der Waals surface area contributed by atoms with Crippen LogP contribution in [0.4, 0.5) is 10.6 Å². The summed E-state index contributed by atoms with van der Waals surface area (Å²) >= 11 is 0. The van der Waals surface area contributed by atoms with Crippen molar-refractivity contribution in [1.29, 1.82) is 0 Å². The standard InChI is InChI=1S/C20H23N5O5S/c1-3-5-11-22-20(27)25(17-15-9-7-6-8-14(15)10-12-21-17)31(28,29)18-16(13-23-24-18)19(26)30-4-2/h6-10,12-13H,3-5,11H2,1-2H3,(H,22,27)(H,23,24). The van der Waals surface area contributed by atoms with Crippen LogP contribution in [-0.4, -0.2) is 48.8 Å². The molecular weight excluding hydrogens is 422 g/mol. The zero-order chi connectivity index (χ0) is 22.4. The number of sulfonamides is 1.